The molecule has 1 fully saturated rings. The second-order valence-electron chi connectivity index (χ2n) is 3.94. The molecule has 0 atom stereocenters. The van der Waals surface area contributed by atoms with Crippen LogP contribution in [-0.2, 0) is 0 Å². The summed E-state index contributed by atoms with van der Waals surface area (Å²) in [5, 5.41) is 4.14. The maximum atomic E-state index is 5.62. The lowest BCUT2D eigenvalue weighted by Crippen LogP contribution is -1.98. The summed E-state index contributed by atoms with van der Waals surface area (Å²) in [5.41, 5.74) is 7.63. The topological polar surface area (TPSA) is 56.7 Å². The number of nitrogens with zero attached hydrogens (tertiary/aromatic N) is 3. The Morgan fingerprint density at radius 2 is 2.27 bits per heavy atom. The number of pyridine rings is 1. The number of rotatable bonds is 2. The van der Waals surface area contributed by atoms with E-state index < -0.39 is 0 Å². The van der Waals surface area contributed by atoms with Crippen LogP contribution >= 0.6 is 0 Å². The van der Waals surface area contributed by atoms with Crippen LogP contribution in [0, 0.1) is 0 Å². The number of nitrogens with two attached hydrogens (primary N) is 1. The summed E-state index contributed by atoms with van der Waals surface area (Å²) in [4.78, 5) is 4.28. The molecule has 0 bridgehead atoms. The molecule has 4 heteroatoms. The molecule has 0 saturated heterocycles. The molecule has 2 N–H and O–H groups in total. The zero-order valence-corrected chi connectivity index (χ0v) is 8.30. The summed E-state index contributed by atoms with van der Waals surface area (Å²) in [7, 11) is 0. The fraction of sp³-hybridized carbons (Fsp3) is 0.273. The van der Waals surface area contributed by atoms with Gasteiger partial charge in [0.2, 0.25) is 0 Å². The van der Waals surface area contributed by atoms with E-state index in [9.17, 15) is 0 Å². The lowest BCUT2D eigenvalue weighted by atomic mass is 10.2. The van der Waals surface area contributed by atoms with Gasteiger partial charge < -0.3 is 5.73 Å². The molecule has 1 aliphatic carbocycles. The number of hydrogen-bond acceptors (Lipinski definition) is 3. The fourth-order valence-electron chi connectivity index (χ4n) is 1.69. The predicted octanol–water partition coefficient (Wildman–Crippen LogP) is 1.73. The van der Waals surface area contributed by atoms with Crippen LogP contribution in [0.3, 0.4) is 0 Å². The van der Waals surface area contributed by atoms with Crippen LogP contribution in [0.4, 0.5) is 5.69 Å². The Morgan fingerprint density at radius 3 is 2.93 bits per heavy atom. The van der Waals surface area contributed by atoms with E-state index in [1.54, 1.807) is 17.1 Å². The minimum absolute atomic E-state index is 0.661. The Balaban J connectivity index is 2.00. The molecule has 76 valence electrons. The average molecular weight is 200 g/mol. The Morgan fingerprint density at radius 1 is 1.40 bits per heavy atom. The normalized spacial score (nSPS) is 15.5. The first kappa shape index (κ1) is 8.47. The molecule has 0 unspecified atom stereocenters. The number of nitrogen functional groups attached to an aromatic ring is 1. The monoisotopic (exact) mass is 200 g/mol. The first-order chi connectivity index (χ1) is 7.33. The van der Waals surface area contributed by atoms with E-state index in [0.717, 1.165) is 11.7 Å². The van der Waals surface area contributed by atoms with E-state index in [-0.39, 0.29) is 0 Å². The minimum Gasteiger partial charge on any atom is -0.396 e. The summed E-state index contributed by atoms with van der Waals surface area (Å²) in [6, 6.07) is 4.16. The molecule has 4 nitrogen and oxygen atoms in total. The van der Waals surface area contributed by atoms with Crippen LogP contribution in [0.5, 0.6) is 0 Å². The highest BCUT2D eigenvalue weighted by Gasteiger charge is 2.23. The van der Waals surface area contributed by atoms with Gasteiger partial charge in [0.05, 0.1) is 18.1 Å². The summed E-state index contributed by atoms with van der Waals surface area (Å²) in [6.07, 6.45) is 7.83. The summed E-state index contributed by atoms with van der Waals surface area (Å²) in [5.74, 6) is 1.58. The quantitative estimate of drug-likeness (QED) is 0.803. The minimum atomic E-state index is 0.661. The zero-order valence-electron chi connectivity index (χ0n) is 8.30. The van der Waals surface area contributed by atoms with Gasteiger partial charge >= 0.3 is 0 Å². The molecule has 1 aliphatic rings. The number of anilines is 1. The molecule has 1 saturated carbocycles. The molecule has 2 heterocycles. The van der Waals surface area contributed by atoms with Crippen molar-refractivity contribution in [1.29, 1.82) is 0 Å². The SMILES string of the molecule is Nc1cnn(-c2cc(C3CC3)ccn2)c1. The van der Waals surface area contributed by atoms with Crippen LogP contribution in [0.1, 0.15) is 24.3 Å². The van der Waals surface area contributed by atoms with Crippen molar-refractivity contribution in [2.24, 2.45) is 0 Å². The van der Waals surface area contributed by atoms with E-state index >= 15 is 0 Å². The fourth-order valence-corrected chi connectivity index (χ4v) is 1.69. The van der Waals surface area contributed by atoms with Gasteiger partial charge in [-0.15, -0.1) is 0 Å². The van der Waals surface area contributed by atoms with Gasteiger partial charge in [-0.1, -0.05) is 0 Å². The third-order valence-electron chi connectivity index (χ3n) is 2.66. The summed E-state index contributed by atoms with van der Waals surface area (Å²) < 4.78 is 1.71. The second-order valence-corrected chi connectivity index (χ2v) is 3.94. The van der Waals surface area contributed by atoms with Crippen molar-refractivity contribution in [1.82, 2.24) is 14.8 Å². The first-order valence-corrected chi connectivity index (χ1v) is 5.09. The predicted molar refractivity (Wildman–Crippen MR) is 57.7 cm³/mol. The largest absolute Gasteiger partial charge is 0.396 e. The van der Waals surface area contributed by atoms with Crippen molar-refractivity contribution in [3.8, 4) is 5.82 Å². The Bertz CT molecular complexity index is 485. The van der Waals surface area contributed by atoms with Gasteiger partial charge in [0.25, 0.3) is 0 Å². The van der Waals surface area contributed by atoms with E-state index in [1.807, 2.05) is 6.20 Å². The lowest BCUT2D eigenvalue weighted by molar-refractivity contribution is 0.842. The average Bonchev–Trinajstić information content (AvgIpc) is 3.02. The van der Waals surface area contributed by atoms with Gasteiger partial charge in [-0.2, -0.15) is 5.10 Å². The van der Waals surface area contributed by atoms with Crippen LogP contribution in [0.15, 0.2) is 30.7 Å². The zero-order chi connectivity index (χ0) is 10.3. The van der Waals surface area contributed by atoms with E-state index in [1.165, 1.54) is 18.4 Å². The summed E-state index contributed by atoms with van der Waals surface area (Å²) in [6.45, 7) is 0. The number of aromatic nitrogens is 3. The third kappa shape index (κ3) is 1.58. The van der Waals surface area contributed by atoms with E-state index in [4.69, 9.17) is 5.73 Å². The molecular weight excluding hydrogens is 188 g/mol. The van der Waals surface area contributed by atoms with E-state index in [2.05, 4.69) is 22.2 Å². The van der Waals surface area contributed by atoms with Gasteiger partial charge in [0, 0.05) is 6.20 Å². The maximum Gasteiger partial charge on any atom is 0.153 e. The Kier molecular flexibility index (Phi) is 1.74. The Labute approximate surface area is 87.7 Å². The molecule has 0 radical (unpaired) electrons. The van der Waals surface area contributed by atoms with Gasteiger partial charge in [-0.3, -0.25) is 0 Å². The van der Waals surface area contributed by atoms with Crippen LogP contribution in [0.2, 0.25) is 0 Å². The second kappa shape index (κ2) is 3.08. The molecule has 3 rings (SSSR count). The lowest BCUT2D eigenvalue weighted by Gasteiger charge is -2.02. The Hall–Kier alpha value is -1.84. The van der Waals surface area contributed by atoms with Crippen molar-refractivity contribution in [3.05, 3.63) is 36.3 Å². The van der Waals surface area contributed by atoms with Crippen molar-refractivity contribution >= 4 is 5.69 Å². The third-order valence-corrected chi connectivity index (χ3v) is 2.66. The van der Waals surface area contributed by atoms with Crippen LogP contribution in [0.25, 0.3) is 5.82 Å². The van der Waals surface area contributed by atoms with E-state index in [0.29, 0.717) is 5.69 Å². The first-order valence-electron chi connectivity index (χ1n) is 5.09. The van der Waals surface area contributed by atoms with Crippen molar-refractivity contribution in [3.63, 3.8) is 0 Å². The molecular formula is C11H12N4. The highest BCUT2D eigenvalue weighted by atomic mass is 15.3. The molecule has 0 aliphatic heterocycles. The molecule has 0 spiro atoms. The highest BCUT2D eigenvalue weighted by Crippen LogP contribution is 2.40. The van der Waals surface area contributed by atoms with Crippen molar-refractivity contribution in [2.75, 3.05) is 5.73 Å². The smallest absolute Gasteiger partial charge is 0.153 e. The van der Waals surface area contributed by atoms with Crippen LogP contribution in [-0.4, -0.2) is 14.8 Å². The summed E-state index contributed by atoms with van der Waals surface area (Å²) >= 11 is 0. The molecule has 2 aromatic heterocycles. The van der Waals surface area contributed by atoms with Gasteiger partial charge in [0.1, 0.15) is 0 Å². The van der Waals surface area contributed by atoms with Crippen molar-refractivity contribution in [2.45, 2.75) is 18.8 Å². The molecule has 15 heavy (non-hydrogen) atoms. The molecule has 0 aromatic carbocycles. The molecule has 0 amide bonds. The number of hydrogen-bond donors (Lipinski definition) is 1. The molecule has 2 aromatic rings. The van der Waals surface area contributed by atoms with Crippen LogP contribution < -0.4 is 5.73 Å². The van der Waals surface area contributed by atoms with Crippen molar-refractivity contribution < 1.29 is 0 Å². The highest BCUT2D eigenvalue weighted by molar-refractivity contribution is 5.37. The standard InChI is InChI=1S/C11H12N4/c12-10-6-14-15(7-10)11-5-9(3-4-13-11)8-1-2-8/h3-8H,1-2,12H2. The van der Waals surface area contributed by atoms with Gasteiger partial charge in [-0.05, 0) is 36.5 Å². The van der Waals surface area contributed by atoms with Gasteiger partial charge in [-0.25, -0.2) is 9.67 Å². The van der Waals surface area contributed by atoms with Gasteiger partial charge in [0.15, 0.2) is 5.82 Å². The maximum absolute atomic E-state index is 5.62.